The summed E-state index contributed by atoms with van der Waals surface area (Å²) in [4.78, 5) is 20.9. The topological polar surface area (TPSA) is 99.7 Å². The monoisotopic (exact) mass is 1940 g/mol. The SMILES string of the molecule is CC(C)(C)c1ccccc1NC(c1ccccc1)c1cccc(-c2cccc3ccccc23)n1.CCc1cccc(CC)c1NC(c1cccc(-c2ccc(F)cc2)n1)c1cc2ccccc2c2ccccc12.CCc1cccc(CC)c1NC(c1cccc(-c2ccccc2)n1)c1c2ccccc2cc2ccccc12.CCc1cccc(CC)c1NC(c1cccc(-c2ccccc2)n1)c1cc2ccccc2c2ccccc12. The van der Waals surface area contributed by atoms with Gasteiger partial charge in [-0.1, -0.05) is 438 Å². The number of nitrogens with zero attached hydrogens (tertiary/aromatic N) is 4. The summed E-state index contributed by atoms with van der Waals surface area (Å²) in [7, 11) is 0. The van der Waals surface area contributed by atoms with E-state index in [4.69, 9.17) is 19.9 Å². The Morgan fingerprint density at radius 3 is 0.953 bits per heavy atom. The molecule has 4 aromatic heterocycles. The quantitative estimate of drug-likeness (QED) is 0.0314. The summed E-state index contributed by atoms with van der Waals surface area (Å²) in [6.45, 7) is 20.1. The summed E-state index contributed by atoms with van der Waals surface area (Å²) in [5.41, 5.74) is 30.9. The van der Waals surface area contributed by atoms with Crippen molar-refractivity contribution >= 4 is 98.2 Å². The number of rotatable bonds is 26. The fraction of sp³-hybridized carbons (Fsp3) is 0.143. The minimum atomic E-state index is -0.250. The first kappa shape index (κ1) is 99.1. The van der Waals surface area contributed by atoms with E-state index in [-0.39, 0.29) is 35.4 Å². The normalized spacial score (nSPS) is 12.1. The molecule has 4 unspecified atom stereocenters. The van der Waals surface area contributed by atoms with E-state index in [1.165, 1.54) is 166 Å². The molecule has 19 aromatic carbocycles. The highest BCUT2D eigenvalue weighted by Gasteiger charge is 2.30. The average molecular weight is 1940 g/mol. The molecule has 23 aromatic rings. The molecule has 0 aliphatic heterocycles. The van der Waals surface area contributed by atoms with Crippen molar-refractivity contribution in [1.29, 1.82) is 0 Å². The van der Waals surface area contributed by atoms with Crippen molar-refractivity contribution in [2.24, 2.45) is 0 Å². The van der Waals surface area contributed by atoms with Crippen LogP contribution >= 0.6 is 0 Å². The lowest BCUT2D eigenvalue weighted by Crippen LogP contribution is -2.19. The summed E-state index contributed by atoms with van der Waals surface area (Å²) in [5, 5.41) is 33.2. The van der Waals surface area contributed by atoms with Crippen molar-refractivity contribution < 1.29 is 4.39 Å². The highest BCUT2D eigenvalue weighted by Crippen LogP contribution is 2.46. The van der Waals surface area contributed by atoms with E-state index in [2.05, 4.69) is 508 Å². The minimum absolute atomic E-state index is 0.0308. The molecule has 0 radical (unpaired) electrons. The van der Waals surface area contributed by atoms with Gasteiger partial charge >= 0.3 is 0 Å². The lowest BCUT2D eigenvalue weighted by molar-refractivity contribution is 0.591. The Hall–Kier alpha value is -17.3. The Bertz CT molecular complexity index is 8490. The summed E-state index contributed by atoms with van der Waals surface area (Å²) >= 11 is 0. The lowest BCUT2D eigenvalue weighted by Gasteiger charge is -2.27. The van der Waals surface area contributed by atoms with E-state index in [0.29, 0.717) is 0 Å². The van der Waals surface area contributed by atoms with Gasteiger partial charge in [-0.05, 0) is 278 Å². The molecule has 0 saturated heterocycles. The number of aromatic nitrogens is 4. The van der Waals surface area contributed by atoms with Crippen LogP contribution in [-0.2, 0) is 43.9 Å². The van der Waals surface area contributed by atoms with Gasteiger partial charge in [0.1, 0.15) is 5.82 Å². The van der Waals surface area contributed by atoms with Crippen molar-refractivity contribution in [3.8, 4) is 45.0 Å². The van der Waals surface area contributed by atoms with Crippen LogP contribution in [0.15, 0.2) is 473 Å². The van der Waals surface area contributed by atoms with Crippen molar-refractivity contribution in [3.05, 3.63) is 563 Å². The van der Waals surface area contributed by atoms with Gasteiger partial charge in [0.2, 0.25) is 0 Å². The predicted molar refractivity (Wildman–Crippen MR) is 630 cm³/mol. The third-order valence-electron chi connectivity index (χ3n) is 29.0. The van der Waals surface area contributed by atoms with Gasteiger partial charge in [0.15, 0.2) is 0 Å². The number of aryl methyl sites for hydroxylation is 6. The molecule has 9 heteroatoms. The summed E-state index contributed by atoms with van der Waals surface area (Å²) < 4.78 is 13.7. The predicted octanol–water partition coefficient (Wildman–Crippen LogP) is 36.7. The second-order valence-corrected chi connectivity index (χ2v) is 39.2. The number of fused-ring (bicyclic) bond motifs is 9. The molecule has 8 nitrogen and oxygen atoms in total. The maximum absolute atomic E-state index is 13.7. The number of hydrogen-bond donors (Lipinski definition) is 4. The van der Waals surface area contributed by atoms with Gasteiger partial charge in [-0.15, -0.1) is 0 Å². The van der Waals surface area contributed by atoms with Crippen molar-refractivity contribution in [2.75, 3.05) is 21.3 Å². The Balaban J connectivity index is 0.000000120. The second kappa shape index (κ2) is 46.0. The van der Waals surface area contributed by atoms with Gasteiger partial charge < -0.3 is 21.3 Å². The lowest BCUT2D eigenvalue weighted by atomic mass is 9.85. The maximum Gasteiger partial charge on any atom is 0.123 e. The molecule has 149 heavy (non-hydrogen) atoms. The van der Waals surface area contributed by atoms with E-state index in [9.17, 15) is 4.39 Å². The molecule has 732 valence electrons. The number of anilines is 4. The number of halogens is 1. The Morgan fingerprint density at radius 2 is 0.530 bits per heavy atom. The van der Waals surface area contributed by atoms with Gasteiger partial charge in [0, 0.05) is 45.0 Å². The van der Waals surface area contributed by atoms with Crippen molar-refractivity contribution in [3.63, 3.8) is 0 Å². The van der Waals surface area contributed by atoms with Crippen molar-refractivity contribution in [1.82, 2.24) is 19.9 Å². The Morgan fingerprint density at radius 1 is 0.228 bits per heavy atom. The van der Waals surface area contributed by atoms with Crippen LogP contribution in [0.2, 0.25) is 0 Å². The molecule has 0 fully saturated rings. The number of nitrogens with one attached hydrogen (secondary N) is 4. The molecular weight excluding hydrogens is 1810 g/mol. The molecule has 0 aliphatic carbocycles. The molecular formula is C140H125FN8. The van der Waals surface area contributed by atoms with Crippen LogP contribution in [0.4, 0.5) is 27.1 Å². The standard InChI is InChI=1S/C36H31FN2.2C36H32N2.C32H30N2/c1-3-24-12-9-13-25(4-2)35(24)39-36(34-18-10-17-33(38-34)26-19-21-28(37)22-20-26)32-23-27-11-5-6-14-29(27)30-15-7-8-16-31(30)32;1-3-25-18-12-19-26(4-2)35(25)38-36(33-23-13-22-32(37-33)27-14-6-5-7-15-27)34-30-20-10-8-16-28(30)24-29-17-9-11-21-31(29)34;1-3-25-17-12-18-26(4-2)35(25)38-36(34-23-13-22-33(37-34)27-14-6-5-7-15-27)32-24-28-16-8-9-19-29(28)30-20-10-11-21-31(30)32;1-32(2,3)27-19-9-10-20-29(27)34-31(24-14-5-4-6-15-24)30-22-12-21-28(33-30)26-18-11-16-23-13-7-8-17-25(23)26/h5-23,36,39H,3-4H2,1-2H3;2*5-24,36,38H,3-4H2,1-2H3;4-22,31,34H,1-3H3. The third kappa shape index (κ3) is 21.9. The minimum Gasteiger partial charge on any atom is -0.373 e. The van der Waals surface area contributed by atoms with Crippen LogP contribution in [0.1, 0.15) is 170 Å². The van der Waals surface area contributed by atoms with Crippen molar-refractivity contribution in [2.45, 2.75) is 130 Å². The van der Waals surface area contributed by atoms with E-state index >= 15 is 0 Å². The molecule has 0 spiro atoms. The molecule has 0 saturated carbocycles. The van der Waals surface area contributed by atoms with Gasteiger partial charge in [0.25, 0.3) is 0 Å². The first-order valence-corrected chi connectivity index (χ1v) is 52.7. The third-order valence-corrected chi connectivity index (χ3v) is 29.0. The van der Waals surface area contributed by atoms with Gasteiger partial charge in [-0.2, -0.15) is 0 Å². The zero-order valence-corrected chi connectivity index (χ0v) is 86.3. The summed E-state index contributed by atoms with van der Waals surface area (Å²) in [5.74, 6) is -0.250. The van der Waals surface area contributed by atoms with Crippen LogP contribution in [0.25, 0.3) is 120 Å². The molecule has 0 amide bonds. The zero-order valence-electron chi connectivity index (χ0n) is 86.3. The molecule has 4 atom stereocenters. The molecule has 0 bridgehead atoms. The fourth-order valence-corrected chi connectivity index (χ4v) is 21.4. The summed E-state index contributed by atoms with van der Waals surface area (Å²) in [6, 6.07) is 165. The first-order chi connectivity index (χ1) is 73.2. The van der Waals surface area contributed by atoms with Gasteiger partial charge in [-0.25, -0.2) is 4.39 Å². The second-order valence-electron chi connectivity index (χ2n) is 39.2. The number of pyridine rings is 4. The first-order valence-electron chi connectivity index (χ1n) is 52.7. The highest BCUT2D eigenvalue weighted by molar-refractivity contribution is 6.11. The van der Waals surface area contributed by atoms with E-state index in [1.807, 2.05) is 24.3 Å². The largest absolute Gasteiger partial charge is 0.373 e. The molecule has 4 heterocycles. The van der Waals surface area contributed by atoms with Gasteiger partial charge in [0.05, 0.1) is 69.7 Å². The number of benzene rings is 19. The Labute approximate surface area is 876 Å². The zero-order chi connectivity index (χ0) is 102. The van der Waals surface area contributed by atoms with Crippen LogP contribution in [-0.4, -0.2) is 19.9 Å². The summed E-state index contributed by atoms with van der Waals surface area (Å²) in [6.07, 6.45) is 5.75. The highest BCUT2D eigenvalue weighted by atomic mass is 19.1. The number of para-hydroxylation sites is 4. The van der Waals surface area contributed by atoms with Crippen LogP contribution in [0, 0.1) is 5.82 Å². The van der Waals surface area contributed by atoms with E-state index < -0.39 is 0 Å². The van der Waals surface area contributed by atoms with Gasteiger partial charge in [-0.3, -0.25) is 19.9 Å². The Kier molecular flexibility index (Phi) is 30.6. The van der Waals surface area contributed by atoms with Crippen LogP contribution < -0.4 is 21.3 Å². The molecule has 23 rings (SSSR count). The van der Waals surface area contributed by atoms with E-state index in [0.717, 1.165) is 112 Å². The number of hydrogen-bond acceptors (Lipinski definition) is 8. The average Bonchev–Trinajstić information content (AvgIpc) is 0.753. The molecule has 0 aliphatic rings. The maximum atomic E-state index is 13.7. The smallest absolute Gasteiger partial charge is 0.123 e. The van der Waals surface area contributed by atoms with Crippen LogP contribution in [0.3, 0.4) is 0 Å². The fourth-order valence-electron chi connectivity index (χ4n) is 21.4. The van der Waals surface area contributed by atoms with Crippen LogP contribution in [0.5, 0.6) is 0 Å². The van der Waals surface area contributed by atoms with E-state index in [1.54, 1.807) is 12.1 Å². The molecule has 4 N–H and O–H groups in total.